The van der Waals surface area contributed by atoms with Crippen molar-refractivity contribution in [3.05, 3.63) is 12.7 Å². The van der Waals surface area contributed by atoms with Gasteiger partial charge in [0.15, 0.2) is 0 Å². The van der Waals surface area contributed by atoms with E-state index in [1.54, 1.807) is 14.1 Å². The summed E-state index contributed by atoms with van der Waals surface area (Å²) in [5.74, 6) is 0. The van der Waals surface area contributed by atoms with E-state index in [-0.39, 0.29) is 0 Å². The van der Waals surface area contributed by atoms with E-state index >= 15 is 0 Å². The standard InChI is InChI=1S/C9H19N3O2S/c1-4-5-11-6-8-12(9-7-11)15(13,14)10(2)3/h4H,1,5-9H2,2-3H3. The monoisotopic (exact) mass is 233 g/mol. The minimum atomic E-state index is -3.22. The van der Waals surface area contributed by atoms with Gasteiger partial charge in [0.2, 0.25) is 0 Å². The highest BCUT2D eigenvalue weighted by atomic mass is 32.2. The van der Waals surface area contributed by atoms with Crippen LogP contribution in [-0.2, 0) is 10.2 Å². The molecular weight excluding hydrogens is 214 g/mol. The first-order valence-electron chi connectivity index (χ1n) is 4.99. The van der Waals surface area contributed by atoms with Gasteiger partial charge in [0.25, 0.3) is 10.2 Å². The van der Waals surface area contributed by atoms with Gasteiger partial charge < -0.3 is 0 Å². The van der Waals surface area contributed by atoms with Crippen molar-refractivity contribution in [2.24, 2.45) is 0 Å². The topological polar surface area (TPSA) is 43.9 Å². The molecule has 0 aromatic carbocycles. The third-order valence-corrected chi connectivity index (χ3v) is 4.45. The maximum atomic E-state index is 11.8. The summed E-state index contributed by atoms with van der Waals surface area (Å²) in [6, 6.07) is 0. The van der Waals surface area contributed by atoms with Crippen LogP contribution >= 0.6 is 0 Å². The van der Waals surface area contributed by atoms with Gasteiger partial charge in [-0.15, -0.1) is 6.58 Å². The molecule has 0 aliphatic carbocycles. The van der Waals surface area contributed by atoms with E-state index in [9.17, 15) is 8.42 Å². The molecule has 1 rings (SSSR count). The summed E-state index contributed by atoms with van der Waals surface area (Å²) in [6.07, 6.45) is 1.84. The van der Waals surface area contributed by atoms with E-state index in [4.69, 9.17) is 0 Å². The van der Waals surface area contributed by atoms with Crippen LogP contribution in [0.1, 0.15) is 0 Å². The smallest absolute Gasteiger partial charge is 0.281 e. The highest BCUT2D eigenvalue weighted by Gasteiger charge is 2.27. The Kier molecular flexibility index (Phi) is 4.27. The average Bonchev–Trinajstić information content (AvgIpc) is 2.19. The van der Waals surface area contributed by atoms with Gasteiger partial charge in [0.1, 0.15) is 0 Å². The minimum absolute atomic E-state index is 0.564. The Labute approximate surface area is 92.1 Å². The normalized spacial score (nSPS) is 20.7. The van der Waals surface area contributed by atoms with Crippen molar-refractivity contribution < 1.29 is 8.42 Å². The van der Waals surface area contributed by atoms with Gasteiger partial charge in [-0.05, 0) is 0 Å². The molecule has 1 heterocycles. The third kappa shape index (κ3) is 3.01. The van der Waals surface area contributed by atoms with Gasteiger partial charge >= 0.3 is 0 Å². The molecular formula is C9H19N3O2S. The Morgan fingerprint density at radius 1 is 1.27 bits per heavy atom. The van der Waals surface area contributed by atoms with Crippen LogP contribution in [0, 0.1) is 0 Å². The molecule has 0 unspecified atom stereocenters. The van der Waals surface area contributed by atoms with Crippen molar-refractivity contribution in [2.75, 3.05) is 46.8 Å². The van der Waals surface area contributed by atoms with Crippen molar-refractivity contribution in [3.8, 4) is 0 Å². The average molecular weight is 233 g/mol. The first-order chi connectivity index (χ1) is 6.98. The lowest BCUT2D eigenvalue weighted by Crippen LogP contribution is -2.51. The lowest BCUT2D eigenvalue weighted by Gasteiger charge is -2.34. The van der Waals surface area contributed by atoms with E-state index in [2.05, 4.69) is 11.5 Å². The van der Waals surface area contributed by atoms with Crippen LogP contribution in [0.25, 0.3) is 0 Å². The summed E-state index contributed by atoms with van der Waals surface area (Å²) in [7, 11) is -0.102. The molecule has 1 saturated heterocycles. The zero-order valence-corrected chi connectivity index (χ0v) is 10.2. The molecule has 0 N–H and O–H groups in total. The second kappa shape index (κ2) is 5.07. The van der Waals surface area contributed by atoms with Gasteiger partial charge in [0.05, 0.1) is 0 Å². The molecule has 0 radical (unpaired) electrons. The van der Waals surface area contributed by atoms with Crippen LogP contribution in [0.2, 0.25) is 0 Å². The summed E-state index contributed by atoms with van der Waals surface area (Å²) in [5.41, 5.74) is 0. The molecule has 1 aliphatic heterocycles. The van der Waals surface area contributed by atoms with E-state index < -0.39 is 10.2 Å². The number of hydrogen-bond acceptors (Lipinski definition) is 3. The van der Waals surface area contributed by atoms with Gasteiger partial charge in [-0.1, -0.05) is 6.08 Å². The van der Waals surface area contributed by atoms with Crippen molar-refractivity contribution in [1.82, 2.24) is 13.5 Å². The summed E-state index contributed by atoms with van der Waals surface area (Å²) < 4.78 is 26.3. The Balaban J connectivity index is 2.54. The van der Waals surface area contributed by atoms with Crippen LogP contribution in [0.3, 0.4) is 0 Å². The highest BCUT2D eigenvalue weighted by molar-refractivity contribution is 7.86. The molecule has 0 bridgehead atoms. The number of piperazine rings is 1. The predicted molar refractivity (Wildman–Crippen MR) is 60.8 cm³/mol. The summed E-state index contributed by atoms with van der Waals surface area (Å²) >= 11 is 0. The van der Waals surface area contributed by atoms with E-state index in [0.717, 1.165) is 19.6 Å². The fourth-order valence-electron chi connectivity index (χ4n) is 1.56. The fourth-order valence-corrected chi connectivity index (χ4v) is 2.64. The lowest BCUT2D eigenvalue weighted by atomic mass is 10.3. The maximum Gasteiger partial charge on any atom is 0.281 e. The largest absolute Gasteiger partial charge is 0.297 e. The Morgan fingerprint density at radius 3 is 2.20 bits per heavy atom. The van der Waals surface area contributed by atoms with Gasteiger partial charge in [-0.3, -0.25) is 4.90 Å². The van der Waals surface area contributed by atoms with Gasteiger partial charge in [-0.25, -0.2) is 0 Å². The Bertz CT molecular complexity index is 305. The molecule has 1 fully saturated rings. The molecule has 0 aromatic heterocycles. The molecule has 1 aliphatic rings. The van der Waals surface area contributed by atoms with Crippen LogP contribution < -0.4 is 0 Å². The lowest BCUT2D eigenvalue weighted by molar-refractivity contribution is 0.199. The first kappa shape index (κ1) is 12.6. The van der Waals surface area contributed by atoms with Gasteiger partial charge in [0, 0.05) is 46.8 Å². The summed E-state index contributed by atoms with van der Waals surface area (Å²) in [5, 5.41) is 0. The zero-order valence-electron chi connectivity index (χ0n) is 9.39. The number of hydrogen-bond donors (Lipinski definition) is 0. The molecule has 0 saturated carbocycles. The Morgan fingerprint density at radius 2 is 1.80 bits per heavy atom. The van der Waals surface area contributed by atoms with E-state index in [1.165, 1.54) is 8.61 Å². The molecule has 5 nitrogen and oxygen atoms in total. The van der Waals surface area contributed by atoms with Crippen LogP contribution in [0.15, 0.2) is 12.7 Å². The molecule has 6 heteroatoms. The molecule has 15 heavy (non-hydrogen) atoms. The summed E-state index contributed by atoms with van der Waals surface area (Å²) in [6.45, 7) is 7.18. The maximum absolute atomic E-state index is 11.8. The molecule has 0 atom stereocenters. The molecule has 0 amide bonds. The van der Waals surface area contributed by atoms with Crippen LogP contribution in [0.4, 0.5) is 0 Å². The van der Waals surface area contributed by atoms with Crippen LogP contribution in [-0.4, -0.2) is 68.7 Å². The predicted octanol–water partition coefficient (Wildman–Crippen LogP) is -0.404. The fraction of sp³-hybridized carbons (Fsp3) is 0.778. The molecule has 88 valence electrons. The van der Waals surface area contributed by atoms with Gasteiger partial charge in [-0.2, -0.15) is 17.0 Å². The van der Waals surface area contributed by atoms with Crippen LogP contribution in [0.5, 0.6) is 0 Å². The van der Waals surface area contributed by atoms with Crippen molar-refractivity contribution in [1.29, 1.82) is 0 Å². The quantitative estimate of drug-likeness (QED) is 0.620. The van der Waals surface area contributed by atoms with Crippen molar-refractivity contribution >= 4 is 10.2 Å². The molecule has 0 spiro atoms. The zero-order chi connectivity index (χ0) is 11.5. The van der Waals surface area contributed by atoms with Crippen molar-refractivity contribution in [3.63, 3.8) is 0 Å². The third-order valence-electron chi connectivity index (χ3n) is 2.51. The summed E-state index contributed by atoms with van der Waals surface area (Å²) in [4.78, 5) is 2.19. The Hall–Kier alpha value is -0.430. The number of rotatable bonds is 4. The van der Waals surface area contributed by atoms with E-state index in [1.807, 2.05) is 6.08 Å². The molecule has 0 aromatic rings. The number of nitrogens with zero attached hydrogens (tertiary/aromatic N) is 3. The first-order valence-corrected chi connectivity index (χ1v) is 6.39. The SMILES string of the molecule is C=CCN1CCN(S(=O)(=O)N(C)C)CC1. The second-order valence-electron chi connectivity index (χ2n) is 3.78. The minimum Gasteiger partial charge on any atom is -0.297 e. The second-order valence-corrected chi connectivity index (χ2v) is 5.92. The van der Waals surface area contributed by atoms with Crippen molar-refractivity contribution in [2.45, 2.75) is 0 Å². The van der Waals surface area contributed by atoms with E-state index in [0.29, 0.717) is 13.1 Å². The highest BCUT2D eigenvalue weighted by Crippen LogP contribution is 2.09.